The van der Waals surface area contributed by atoms with E-state index in [0.717, 1.165) is 11.8 Å². The van der Waals surface area contributed by atoms with Crippen LogP contribution in [0.1, 0.15) is 43.9 Å². The van der Waals surface area contributed by atoms with Crippen LogP contribution in [-0.4, -0.2) is 15.5 Å². The Kier molecular flexibility index (Phi) is 2.69. The third-order valence-electron chi connectivity index (χ3n) is 4.41. The Morgan fingerprint density at radius 1 is 1.25 bits per heavy atom. The highest BCUT2D eigenvalue weighted by Crippen LogP contribution is 2.55. The molecule has 0 radical (unpaired) electrons. The topological polar surface area (TPSA) is 17.3 Å². The first-order chi connectivity index (χ1) is 9.21. The Balaban J connectivity index is 2.12. The first kappa shape index (κ1) is 13.5. The minimum atomic E-state index is -2.71. The Morgan fingerprint density at radius 3 is 2.55 bits per heavy atom. The molecule has 2 aromatic rings. The average Bonchev–Trinajstić information content (AvgIpc) is 2.78. The highest BCUT2D eigenvalue weighted by molar-refractivity contribution is 5.51. The first-order valence-electron chi connectivity index (χ1n) is 6.73. The SMILES string of the molecule is Cc1cc(C2CC(C)(C)C(F)(F)C2)n2ncc(F)c2c1. The van der Waals surface area contributed by atoms with Gasteiger partial charge in [0.25, 0.3) is 5.92 Å². The number of hydrogen-bond donors (Lipinski definition) is 0. The van der Waals surface area contributed by atoms with E-state index in [1.807, 2.05) is 13.0 Å². The van der Waals surface area contributed by atoms with Gasteiger partial charge in [0.2, 0.25) is 0 Å². The number of alkyl halides is 2. The van der Waals surface area contributed by atoms with E-state index in [-0.39, 0.29) is 12.3 Å². The number of hydrogen-bond acceptors (Lipinski definition) is 1. The van der Waals surface area contributed by atoms with E-state index in [1.165, 1.54) is 4.52 Å². The van der Waals surface area contributed by atoms with Crippen LogP contribution < -0.4 is 0 Å². The number of aryl methyl sites for hydroxylation is 1. The summed E-state index contributed by atoms with van der Waals surface area (Å²) in [6, 6.07) is 3.52. The van der Waals surface area contributed by atoms with Gasteiger partial charge >= 0.3 is 0 Å². The Labute approximate surface area is 115 Å². The molecule has 5 heteroatoms. The van der Waals surface area contributed by atoms with Crippen molar-refractivity contribution < 1.29 is 13.2 Å². The molecule has 2 nitrogen and oxygen atoms in total. The highest BCUT2D eigenvalue weighted by Gasteiger charge is 2.55. The molecule has 1 atom stereocenters. The minimum Gasteiger partial charge on any atom is -0.234 e. The lowest BCUT2D eigenvalue weighted by Gasteiger charge is -2.25. The second kappa shape index (κ2) is 3.99. The molecule has 20 heavy (non-hydrogen) atoms. The summed E-state index contributed by atoms with van der Waals surface area (Å²) in [4.78, 5) is 0. The molecule has 1 saturated carbocycles. The standard InChI is InChI=1S/C15H17F3N2/c1-9-4-12(20-13(5-9)11(16)8-19-20)10-6-14(2,3)15(17,18)7-10/h4-5,8,10H,6-7H2,1-3H3. The fraction of sp³-hybridized carbons (Fsp3) is 0.533. The third-order valence-corrected chi connectivity index (χ3v) is 4.41. The van der Waals surface area contributed by atoms with Crippen LogP contribution in [0.25, 0.3) is 5.52 Å². The van der Waals surface area contributed by atoms with Crippen molar-refractivity contribution in [2.24, 2.45) is 5.41 Å². The van der Waals surface area contributed by atoms with Gasteiger partial charge in [-0.05, 0) is 31.0 Å². The molecule has 0 saturated heterocycles. The lowest BCUT2D eigenvalue weighted by Crippen LogP contribution is -2.29. The maximum atomic E-state index is 14.1. The molecule has 1 unspecified atom stereocenters. The molecule has 0 aromatic carbocycles. The van der Waals surface area contributed by atoms with Crippen LogP contribution in [-0.2, 0) is 0 Å². The van der Waals surface area contributed by atoms with Gasteiger partial charge in [-0.25, -0.2) is 17.7 Å². The van der Waals surface area contributed by atoms with Crippen LogP contribution in [0.3, 0.4) is 0 Å². The van der Waals surface area contributed by atoms with Gasteiger partial charge in [-0.2, -0.15) is 5.10 Å². The van der Waals surface area contributed by atoms with Crippen molar-refractivity contribution >= 4 is 5.52 Å². The molecular formula is C15H17F3N2. The molecule has 0 N–H and O–H groups in total. The number of rotatable bonds is 1. The second-order valence-corrected chi connectivity index (χ2v) is 6.44. The van der Waals surface area contributed by atoms with E-state index >= 15 is 0 Å². The van der Waals surface area contributed by atoms with Crippen LogP contribution in [0, 0.1) is 18.2 Å². The van der Waals surface area contributed by atoms with Crippen molar-refractivity contribution in [2.75, 3.05) is 0 Å². The fourth-order valence-electron chi connectivity index (χ4n) is 3.15. The van der Waals surface area contributed by atoms with Gasteiger partial charge in [0.05, 0.1) is 6.20 Å². The van der Waals surface area contributed by atoms with Crippen molar-refractivity contribution in [1.82, 2.24) is 9.61 Å². The summed E-state index contributed by atoms with van der Waals surface area (Å²) in [6.45, 7) is 5.02. The molecule has 2 heterocycles. The van der Waals surface area contributed by atoms with Crippen molar-refractivity contribution in [3.05, 3.63) is 35.4 Å². The fourth-order valence-corrected chi connectivity index (χ4v) is 3.15. The van der Waals surface area contributed by atoms with E-state index in [9.17, 15) is 13.2 Å². The van der Waals surface area contributed by atoms with Gasteiger partial charge in [0, 0.05) is 23.4 Å². The van der Waals surface area contributed by atoms with Gasteiger partial charge in [0.15, 0.2) is 5.82 Å². The predicted molar refractivity (Wildman–Crippen MR) is 70.6 cm³/mol. The minimum absolute atomic E-state index is 0.208. The van der Waals surface area contributed by atoms with E-state index in [4.69, 9.17) is 0 Å². The number of aromatic nitrogens is 2. The van der Waals surface area contributed by atoms with E-state index in [1.54, 1.807) is 19.9 Å². The molecular weight excluding hydrogens is 265 g/mol. The summed E-state index contributed by atoms with van der Waals surface area (Å²) < 4.78 is 43.2. The van der Waals surface area contributed by atoms with Crippen molar-refractivity contribution in [2.45, 2.75) is 45.5 Å². The third kappa shape index (κ3) is 1.83. The van der Waals surface area contributed by atoms with Crippen molar-refractivity contribution in [1.29, 1.82) is 0 Å². The normalized spacial score (nSPS) is 24.4. The van der Waals surface area contributed by atoms with Gasteiger partial charge in [0.1, 0.15) is 5.52 Å². The first-order valence-corrected chi connectivity index (χ1v) is 6.73. The maximum absolute atomic E-state index is 14.1. The molecule has 0 aliphatic heterocycles. The van der Waals surface area contributed by atoms with E-state index < -0.39 is 17.2 Å². The van der Waals surface area contributed by atoms with Gasteiger partial charge in [-0.1, -0.05) is 13.8 Å². The lowest BCUT2D eigenvalue weighted by atomic mass is 9.87. The van der Waals surface area contributed by atoms with Gasteiger partial charge < -0.3 is 0 Å². The zero-order valence-corrected chi connectivity index (χ0v) is 11.8. The molecule has 2 aromatic heterocycles. The smallest absolute Gasteiger partial charge is 0.234 e. The number of nitrogens with zero attached hydrogens (tertiary/aromatic N) is 2. The summed E-state index contributed by atoms with van der Waals surface area (Å²) in [6.07, 6.45) is 1.30. The van der Waals surface area contributed by atoms with Crippen LogP contribution in [0.2, 0.25) is 0 Å². The number of pyridine rings is 1. The largest absolute Gasteiger partial charge is 0.253 e. The van der Waals surface area contributed by atoms with Gasteiger partial charge in [-0.3, -0.25) is 0 Å². The zero-order chi connectivity index (χ0) is 14.7. The number of fused-ring (bicyclic) bond motifs is 1. The average molecular weight is 282 g/mol. The summed E-state index contributed by atoms with van der Waals surface area (Å²) in [7, 11) is 0. The predicted octanol–water partition coefficient (Wildman–Crippen LogP) is 4.32. The van der Waals surface area contributed by atoms with Crippen molar-refractivity contribution in [3.63, 3.8) is 0 Å². The summed E-state index contributed by atoms with van der Waals surface area (Å²) in [5.41, 5.74) is 0.849. The van der Waals surface area contributed by atoms with Crippen LogP contribution in [0.15, 0.2) is 18.3 Å². The maximum Gasteiger partial charge on any atom is 0.253 e. The Hall–Kier alpha value is -1.52. The molecule has 1 aliphatic rings. The molecule has 1 aliphatic carbocycles. The molecule has 0 spiro atoms. The summed E-state index contributed by atoms with van der Waals surface area (Å²) in [5.74, 6) is -3.43. The molecule has 108 valence electrons. The van der Waals surface area contributed by atoms with E-state index in [2.05, 4.69) is 5.10 Å². The summed E-state index contributed by atoms with van der Waals surface area (Å²) >= 11 is 0. The van der Waals surface area contributed by atoms with Crippen LogP contribution in [0.5, 0.6) is 0 Å². The van der Waals surface area contributed by atoms with Crippen LogP contribution in [0.4, 0.5) is 13.2 Å². The van der Waals surface area contributed by atoms with E-state index in [0.29, 0.717) is 17.6 Å². The molecule has 0 bridgehead atoms. The zero-order valence-electron chi connectivity index (χ0n) is 11.8. The lowest BCUT2D eigenvalue weighted by molar-refractivity contribution is -0.0807. The van der Waals surface area contributed by atoms with Gasteiger partial charge in [-0.15, -0.1) is 0 Å². The summed E-state index contributed by atoms with van der Waals surface area (Å²) in [5, 5.41) is 4.00. The second-order valence-electron chi connectivity index (χ2n) is 6.44. The monoisotopic (exact) mass is 282 g/mol. The molecule has 3 rings (SSSR count). The molecule has 0 amide bonds. The Morgan fingerprint density at radius 2 is 1.95 bits per heavy atom. The van der Waals surface area contributed by atoms with Crippen molar-refractivity contribution in [3.8, 4) is 0 Å². The quantitative estimate of drug-likeness (QED) is 0.761. The number of halogens is 3. The van der Waals surface area contributed by atoms with Crippen LogP contribution >= 0.6 is 0 Å². The molecule has 1 fully saturated rings. The Bertz CT molecular complexity index is 657. The highest BCUT2D eigenvalue weighted by atomic mass is 19.3.